The van der Waals surface area contributed by atoms with Crippen LogP contribution in [0.5, 0.6) is 0 Å². The Kier molecular flexibility index (Phi) is 6.71. The molecule has 1 saturated heterocycles. The van der Waals surface area contributed by atoms with E-state index in [9.17, 15) is 4.79 Å². The van der Waals surface area contributed by atoms with Crippen LogP contribution in [-0.2, 0) is 9.53 Å². The first-order valence-electron chi connectivity index (χ1n) is 8.18. The molecule has 0 N–H and O–H groups in total. The normalized spacial score (nSPS) is 23.1. The molecule has 21 heavy (non-hydrogen) atoms. The number of unbranched alkanes of at least 4 members (excludes halogenated alkanes) is 2. The third-order valence-electron chi connectivity index (χ3n) is 4.27. The lowest BCUT2D eigenvalue weighted by Crippen LogP contribution is -2.43. The van der Waals surface area contributed by atoms with Crippen molar-refractivity contribution in [1.29, 1.82) is 0 Å². The summed E-state index contributed by atoms with van der Waals surface area (Å²) in [5, 5.41) is 2.10. The van der Waals surface area contributed by atoms with Crippen LogP contribution in [-0.4, -0.2) is 37.1 Å². The highest BCUT2D eigenvalue weighted by Crippen LogP contribution is 2.36. The fraction of sp³-hybridized carbons (Fsp3) is 0.706. The Balaban J connectivity index is 2.00. The molecule has 4 heteroatoms. The maximum Gasteiger partial charge on any atom is 0.310 e. The number of ether oxygens (including phenoxy) is 1. The van der Waals surface area contributed by atoms with Crippen LogP contribution < -0.4 is 0 Å². The van der Waals surface area contributed by atoms with Gasteiger partial charge >= 0.3 is 5.97 Å². The van der Waals surface area contributed by atoms with E-state index in [0.29, 0.717) is 12.5 Å². The molecule has 0 spiro atoms. The quantitative estimate of drug-likeness (QED) is 0.565. The van der Waals surface area contributed by atoms with Crippen molar-refractivity contribution in [2.75, 3.05) is 26.2 Å². The Morgan fingerprint density at radius 2 is 2.29 bits per heavy atom. The van der Waals surface area contributed by atoms with Crippen LogP contribution in [0.2, 0.25) is 0 Å². The van der Waals surface area contributed by atoms with Crippen molar-refractivity contribution in [3.63, 3.8) is 0 Å². The summed E-state index contributed by atoms with van der Waals surface area (Å²) in [6.07, 6.45) is 4.81. The van der Waals surface area contributed by atoms with E-state index in [2.05, 4.69) is 29.3 Å². The minimum absolute atomic E-state index is 0.000948. The van der Waals surface area contributed by atoms with Crippen LogP contribution in [0, 0.1) is 5.92 Å². The highest BCUT2D eigenvalue weighted by molar-refractivity contribution is 7.10. The highest BCUT2D eigenvalue weighted by Gasteiger charge is 2.36. The zero-order chi connectivity index (χ0) is 15.1. The van der Waals surface area contributed by atoms with Crippen LogP contribution in [0.15, 0.2) is 17.5 Å². The van der Waals surface area contributed by atoms with Crippen LogP contribution in [0.4, 0.5) is 0 Å². The zero-order valence-electron chi connectivity index (χ0n) is 13.2. The van der Waals surface area contributed by atoms with E-state index in [1.807, 2.05) is 6.92 Å². The topological polar surface area (TPSA) is 29.5 Å². The predicted molar refractivity (Wildman–Crippen MR) is 87.8 cm³/mol. The third-order valence-corrected chi connectivity index (χ3v) is 5.28. The number of carbonyl (C=O) groups is 1. The standard InChI is InChI=1S/C17H27NO2S/c1-3-5-6-10-18-11-9-14(16-8-7-12-21-16)15(13-18)17(19)20-4-2/h7-8,12,14-15H,3-6,9-11,13H2,1-2H3. The molecule has 0 amide bonds. The van der Waals surface area contributed by atoms with E-state index in [0.717, 1.165) is 26.1 Å². The Morgan fingerprint density at radius 3 is 2.95 bits per heavy atom. The van der Waals surface area contributed by atoms with Crippen molar-refractivity contribution in [2.45, 2.75) is 45.4 Å². The summed E-state index contributed by atoms with van der Waals surface area (Å²) in [5.41, 5.74) is 0. The number of hydrogen-bond acceptors (Lipinski definition) is 4. The molecule has 2 atom stereocenters. The smallest absolute Gasteiger partial charge is 0.310 e. The number of carbonyl (C=O) groups excluding carboxylic acids is 1. The molecule has 1 fully saturated rings. The van der Waals surface area contributed by atoms with E-state index < -0.39 is 0 Å². The highest BCUT2D eigenvalue weighted by atomic mass is 32.1. The average Bonchev–Trinajstić information content (AvgIpc) is 3.02. The molecule has 0 saturated carbocycles. The lowest BCUT2D eigenvalue weighted by Gasteiger charge is -2.37. The molecule has 3 nitrogen and oxygen atoms in total. The fourth-order valence-electron chi connectivity index (χ4n) is 3.14. The van der Waals surface area contributed by atoms with Gasteiger partial charge in [-0.05, 0) is 44.3 Å². The third kappa shape index (κ3) is 4.55. The fourth-order valence-corrected chi connectivity index (χ4v) is 4.07. The number of hydrogen-bond donors (Lipinski definition) is 0. The molecule has 1 aromatic rings. The number of likely N-dealkylation sites (tertiary alicyclic amines) is 1. The second kappa shape index (κ2) is 8.54. The zero-order valence-corrected chi connectivity index (χ0v) is 14.0. The van der Waals surface area contributed by atoms with E-state index in [1.165, 1.54) is 24.1 Å². The first kappa shape index (κ1) is 16.5. The van der Waals surface area contributed by atoms with Crippen molar-refractivity contribution in [2.24, 2.45) is 5.92 Å². The molecule has 0 aliphatic carbocycles. The largest absolute Gasteiger partial charge is 0.466 e. The van der Waals surface area contributed by atoms with Gasteiger partial charge in [-0.2, -0.15) is 0 Å². The molecule has 1 aliphatic heterocycles. The molecule has 0 radical (unpaired) electrons. The van der Waals surface area contributed by atoms with Gasteiger partial charge in [0.05, 0.1) is 12.5 Å². The Hall–Kier alpha value is -0.870. The van der Waals surface area contributed by atoms with Crippen molar-refractivity contribution < 1.29 is 9.53 Å². The number of rotatable bonds is 7. The van der Waals surface area contributed by atoms with Crippen molar-refractivity contribution >= 4 is 17.3 Å². The summed E-state index contributed by atoms with van der Waals surface area (Å²) >= 11 is 1.77. The second-order valence-corrected chi connectivity index (χ2v) is 6.76. The van der Waals surface area contributed by atoms with Gasteiger partial charge in [0.25, 0.3) is 0 Å². The minimum atomic E-state index is -0.0175. The Bertz CT molecular complexity index is 418. The van der Waals surface area contributed by atoms with Gasteiger partial charge in [-0.3, -0.25) is 4.79 Å². The summed E-state index contributed by atoms with van der Waals surface area (Å²) < 4.78 is 5.32. The second-order valence-electron chi connectivity index (χ2n) is 5.78. The molecule has 2 heterocycles. The first-order valence-corrected chi connectivity index (χ1v) is 9.06. The van der Waals surface area contributed by atoms with Gasteiger partial charge in [-0.25, -0.2) is 0 Å². The van der Waals surface area contributed by atoms with Crippen LogP contribution in [0.3, 0.4) is 0 Å². The van der Waals surface area contributed by atoms with Gasteiger partial charge in [-0.15, -0.1) is 11.3 Å². The average molecular weight is 309 g/mol. The van der Waals surface area contributed by atoms with E-state index in [-0.39, 0.29) is 11.9 Å². The maximum atomic E-state index is 12.3. The summed E-state index contributed by atoms with van der Waals surface area (Å²) in [6.45, 7) is 7.65. The molecule has 118 valence electrons. The van der Waals surface area contributed by atoms with Crippen molar-refractivity contribution in [3.8, 4) is 0 Å². The van der Waals surface area contributed by atoms with Gasteiger partial charge in [0, 0.05) is 17.3 Å². The maximum absolute atomic E-state index is 12.3. The number of piperidine rings is 1. The summed E-state index contributed by atoms with van der Waals surface area (Å²) in [6, 6.07) is 4.24. The Morgan fingerprint density at radius 1 is 1.43 bits per heavy atom. The lowest BCUT2D eigenvalue weighted by atomic mass is 9.84. The molecular weight excluding hydrogens is 282 g/mol. The molecule has 2 rings (SSSR count). The van der Waals surface area contributed by atoms with Gasteiger partial charge in [0.15, 0.2) is 0 Å². The molecular formula is C17H27NO2S. The molecule has 2 unspecified atom stereocenters. The monoisotopic (exact) mass is 309 g/mol. The number of thiophene rings is 1. The summed E-state index contributed by atoms with van der Waals surface area (Å²) in [5.74, 6) is 0.321. The van der Waals surface area contributed by atoms with E-state index >= 15 is 0 Å². The molecule has 0 aromatic carbocycles. The van der Waals surface area contributed by atoms with Crippen molar-refractivity contribution in [3.05, 3.63) is 22.4 Å². The minimum Gasteiger partial charge on any atom is -0.466 e. The van der Waals surface area contributed by atoms with Crippen LogP contribution in [0.25, 0.3) is 0 Å². The van der Waals surface area contributed by atoms with Gasteiger partial charge < -0.3 is 9.64 Å². The van der Waals surface area contributed by atoms with Gasteiger partial charge in [-0.1, -0.05) is 25.8 Å². The van der Waals surface area contributed by atoms with Gasteiger partial charge in [0.2, 0.25) is 0 Å². The van der Waals surface area contributed by atoms with E-state index in [1.54, 1.807) is 11.3 Å². The summed E-state index contributed by atoms with van der Waals surface area (Å²) in [4.78, 5) is 16.1. The van der Waals surface area contributed by atoms with Crippen LogP contribution >= 0.6 is 11.3 Å². The van der Waals surface area contributed by atoms with Gasteiger partial charge in [0.1, 0.15) is 0 Å². The van der Waals surface area contributed by atoms with E-state index in [4.69, 9.17) is 4.74 Å². The summed E-state index contributed by atoms with van der Waals surface area (Å²) in [7, 11) is 0. The number of nitrogens with zero attached hydrogens (tertiary/aromatic N) is 1. The predicted octanol–water partition coefficient (Wildman–Crippen LogP) is 3.91. The Labute approximate surface area is 132 Å². The lowest BCUT2D eigenvalue weighted by molar-refractivity contribution is -0.150. The SMILES string of the molecule is CCCCCN1CCC(c2cccs2)C(C(=O)OCC)C1. The molecule has 1 aromatic heterocycles. The van der Waals surface area contributed by atoms with Crippen molar-refractivity contribution in [1.82, 2.24) is 4.90 Å². The van der Waals surface area contributed by atoms with Crippen LogP contribution in [0.1, 0.15) is 50.3 Å². The number of esters is 1. The first-order chi connectivity index (χ1) is 10.3. The molecule has 0 bridgehead atoms. The molecule has 1 aliphatic rings.